The predicted molar refractivity (Wildman–Crippen MR) is 124 cm³/mol. The molecule has 0 aliphatic carbocycles. The number of aromatic nitrogens is 2. The van der Waals surface area contributed by atoms with E-state index in [1.165, 1.54) is 0 Å². The SMILES string of the molecule is Cc1c(CO)c(-c2ccccc2)c(Sc2cc(Cl)cc(Cl)c2)n1Cc1ccncc1. The Kier molecular flexibility index (Phi) is 6.49. The molecule has 0 saturated carbocycles. The lowest BCUT2D eigenvalue weighted by Crippen LogP contribution is -2.04. The number of hydrogen-bond acceptors (Lipinski definition) is 3. The van der Waals surface area contributed by atoms with Gasteiger partial charge in [-0.1, -0.05) is 65.3 Å². The number of halogens is 2. The molecule has 0 saturated heterocycles. The summed E-state index contributed by atoms with van der Waals surface area (Å²) in [6.45, 7) is 2.68. The molecule has 0 spiro atoms. The van der Waals surface area contributed by atoms with E-state index in [1.54, 1.807) is 30.2 Å². The smallest absolute Gasteiger partial charge is 0.0885 e. The topological polar surface area (TPSA) is 38.0 Å². The van der Waals surface area contributed by atoms with E-state index in [2.05, 4.69) is 21.7 Å². The number of nitrogens with zero attached hydrogens (tertiary/aromatic N) is 2. The van der Waals surface area contributed by atoms with Gasteiger partial charge in [-0.2, -0.15) is 0 Å². The summed E-state index contributed by atoms with van der Waals surface area (Å²) in [4.78, 5) is 5.07. The van der Waals surface area contributed by atoms with E-state index in [-0.39, 0.29) is 6.61 Å². The number of benzene rings is 2. The van der Waals surface area contributed by atoms with Crippen LogP contribution in [0.2, 0.25) is 10.0 Å². The van der Waals surface area contributed by atoms with E-state index in [0.717, 1.165) is 37.9 Å². The van der Waals surface area contributed by atoms with Gasteiger partial charge in [-0.25, -0.2) is 0 Å². The van der Waals surface area contributed by atoms with Crippen LogP contribution in [0.5, 0.6) is 0 Å². The zero-order valence-corrected chi connectivity index (χ0v) is 18.7. The molecule has 0 unspecified atom stereocenters. The van der Waals surface area contributed by atoms with Crippen LogP contribution in [0.4, 0.5) is 0 Å². The molecule has 2 aromatic heterocycles. The van der Waals surface area contributed by atoms with Gasteiger partial charge >= 0.3 is 0 Å². The molecule has 152 valence electrons. The highest BCUT2D eigenvalue weighted by Crippen LogP contribution is 2.43. The third kappa shape index (κ3) is 4.42. The number of aliphatic hydroxyl groups is 1. The van der Waals surface area contributed by atoms with Gasteiger partial charge < -0.3 is 9.67 Å². The first-order valence-corrected chi connectivity index (χ1v) is 11.0. The van der Waals surface area contributed by atoms with Crippen molar-refractivity contribution in [3.63, 3.8) is 0 Å². The van der Waals surface area contributed by atoms with Gasteiger partial charge in [0.05, 0.1) is 11.6 Å². The highest BCUT2D eigenvalue weighted by molar-refractivity contribution is 7.99. The van der Waals surface area contributed by atoms with Gasteiger partial charge in [0, 0.05) is 50.7 Å². The van der Waals surface area contributed by atoms with Crippen LogP contribution in [0.1, 0.15) is 16.8 Å². The van der Waals surface area contributed by atoms with Crippen LogP contribution in [0.3, 0.4) is 0 Å². The lowest BCUT2D eigenvalue weighted by Gasteiger charge is -2.14. The summed E-state index contributed by atoms with van der Waals surface area (Å²) in [5.41, 5.74) is 5.19. The molecule has 1 N–H and O–H groups in total. The van der Waals surface area contributed by atoms with Gasteiger partial charge in [0.1, 0.15) is 0 Å². The molecule has 0 aliphatic heterocycles. The second kappa shape index (κ2) is 9.27. The summed E-state index contributed by atoms with van der Waals surface area (Å²) in [6.07, 6.45) is 3.59. The van der Waals surface area contributed by atoms with Gasteiger partial charge in [0.2, 0.25) is 0 Å². The first-order valence-electron chi connectivity index (χ1n) is 9.48. The van der Waals surface area contributed by atoms with E-state index in [4.69, 9.17) is 23.2 Å². The van der Waals surface area contributed by atoms with E-state index in [1.807, 2.05) is 49.4 Å². The highest BCUT2D eigenvalue weighted by atomic mass is 35.5. The molecule has 0 bridgehead atoms. The summed E-state index contributed by atoms with van der Waals surface area (Å²) >= 11 is 14.1. The molecular weight excluding hydrogens is 435 g/mol. The molecule has 3 nitrogen and oxygen atoms in total. The first kappa shape index (κ1) is 21.0. The van der Waals surface area contributed by atoms with Crippen LogP contribution in [0.25, 0.3) is 11.1 Å². The van der Waals surface area contributed by atoms with Gasteiger partial charge in [-0.3, -0.25) is 4.98 Å². The van der Waals surface area contributed by atoms with Crippen LogP contribution in [0, 0.1) is 6.92 Å². The van der Waals surface area contributed by atoms with Gasteiger partial charge in [-0.05, 0) is 48.4 Å². The van der Waals surface area contributed by atoms with Crippen molar-refractivity contribution in [1.82, 2.24) is 9.55 Å². The summed E-state index contributed by atoms with van der Waals surface area (Å²) in [6, 6.07) is 19.7. The molecule has 0 radical (unpaired) electrons. The zero-order valence-electron chi connectivity index (χ0n) is 16.3. The van der Waals surface area contributed by atoms with Crippen LogP contribution in [0.15, 0.2) is 83.0 Å². The molecule has 0 aliphatic rings. The molecule has 4 aromatic rings. The van der Waals surface area contributed by atoms with Crippen molar-refractivity contribution in [2.45, 2.75) is 30.0 Å². The minimum atomic E-state index is -0.0384. The van der Waals surface area contributed by atoms with E-state index in [0.29, 0.717) is 16.6 Å². The number of rotatable bonds is 6. The molecule has 30 heavy (non-hydrogen) atoms. The van der Waals surface area contributed by atoms with Crippen molar-refractivity contribution in [2.24, 2.45) is 0 Å². The first-order chi connectivity index (χ1) is 14.6. The maximum Gasteiger partial charge on any atom is 0.0885 e. The van der Waals surface area contributed by atoms with Gasteiger partial charge in [0.25, 0.3) is 0 Å². The number of hydrogen-bond donors (Lipinski definition) is 1. The Morgan fingerprint density at radius 3 is 2.27 bits per heavy atom. The maximum absolute atomic E-state index is 10.2. The van der Waals surface area contributed by atoms with Crippen molar-refractivity contribution >= 4 is 35.0 Å². The average Bonchev–Trinajstić information content (AvgIpc) is 2.99. The number of pyridine rings is 1. The van der Waals surface area contributed by atoms with Gasteiger partial charge in [0.15, 0.2) is 0 Å². The maximum atomic E-state index is 10.2. The Morgan fingerprint density at radius 2 is 1.63 bits per heavy atom. The average molecular weight is 455 g/mol. The minimum absolute atomic E-state index is 0.0384. The zero-order chi connectivity index (χ0) is 21.1. The van der Waals surface area contributed by atoms with Crippen molar-refractivity contribution in [2.75, 3.05) is 0 Å². The highest BCUT2D eigenvalue weighted by Gasteiger charge is 2.22. The second-order valence-electron chi connectivity index (χ2n) is 6.92. The molecule has 0 fully saturated rings. The molecule has 0 amide bonds. The summed E-state index contributed by atoms with van der Waals surface area (Å²) in [5.74, 6) is 0. The molecular formula is C24H20Cl2N2OS. The fourth-order valence-electron chi connectivity index (χ4n) is 3.52. The molecule has 6 heteroatoms. The third-order valence-corrected chi connectivity index (χ3v) is 6.49. The van der Waals surface area contributed by atoms with Crippen LogP contribution in [-0.4, -0.2) is 14.7 Å². The monoisotopic (exact) mass is 454 g/mol. The van der Waals surface area contributed by atoms with Crippen LogP contribution < -0.4 is 0 Å². The van der Waals surface area contributed by atoms with E-state index in [9.17, 15) is 5.11 Å². The van der Waals surface area contributed by atoms with Crippen LogP contribution >= 0.6 is 35.0 Å². The Hall–Kier alpha value is -2.24. The fourth-order valence-corrected chi connectivity index (χ4v) is 5.43. The second-order valence-corrected chi connectivity index (χ2v) is 8.85. The minimum Gasteiger partial charge on any atom is -0.392 e. The normalized spacial score (nSPS) is 11.1. The summed E-state index contributed by atoms with van der Waals surface area (Å²) in [7, 11) is 0. The van der Waals surface area contributed by atoms with Crippen molar-refractivity contribution in [3.05, 3.63) is 99.9 Å². The van der Waals surface area contributed by atoms with E-state index < -0.39 is 0 Å². The lowest BCUT2D eigenvalue weighted by atomic mass is 10.0. The van der Waals surface area contributed by atoms with E-state index >= 15 is 0 Å². The largest absolute Gasteiger partial charge is 0.392 e. The predicted octanol–water partition coefficient (Wildman–Crippen LogP) is 6.86. The number of aliphatic hydroxyl groups excluding tert-OH is 1. The molecule has 4 rings (SSSR count). The summed E-state index contributed by atoms with van der Waals surface area (Å²) in [5, 5.41) is 12.5. The summed E-state index contributed by atoms with van der Waals surface area (Å²) < 4.78 is 2.24. The Bertz CT molecular complexity index is 1140. The third-order valence-electron chi connectivity index (χ3n) is 4.96. The van der Waals surface area contributed by atoms with Crippen molar-refractivity contribution in [3.8, 4) is 11.1 Å². The van der Waals surface area contributed by atoms with Crippen molar-refractivity contribution in [1.29, 1.82) is 0 Å². The standard InChI is InChI=1S/C24H20Cl2N2OS/c1-16-22(15-29)23(18-5-3-2-4-6-18)24(28(16)14-17-7-9-27-10-8-17)30-21-12-19(25)11-20(26)13-21/h2-13,29H,14-15H2,1H3. The molecule has 0 atom stereocenters. The quantitative estimate of drug-likeness (QED) is 0.345. The van der Waals surface area contributed by atoms with Crippen molar-refractivity contribution < 1.29 is 5.11 Å². The Balaban J connectivity index is 1.91. The van der Waals surface area contributed by atoms with Gasteiger partial charge in [-0.15, -0.1) is 0 Å². The molecule has 2 heterocycles. The van der Waals surface area contributed by atoms with Crippen LogP contribution in [-0.2, 0) is 13.2 Å². The fraction of sp³-hybridized carbons (Fsp3) is 0.125. The molecule has 2 aromatic carbocycles. The Morgan fingerprint density at radius 1 is 0.967 bits per heavy atom. The lowest BCUT2D eigenvalue weighted by molar-refractivity contribution is 0.281. The Labute approximate surface area is 190 Å².